The topological polar surface area (TPSA) is 59.5 Å². The predicted octanol–water partition coefficient (Wildman–Crippen LogP) is 2.43. The van der Waals surface area contributed by atoms with Crippen molar-refractivity contribution < 1.29 is 14.3 Å². The minimum absolute atomic E-state index is 0.0634. The Hall–Kier alpha value is -2.43. The van der Waals surface area contributed by atoms with Gasteiger partial charge < -0.3 is 9.64 Å². The van der Waals surface area contributed by atoms with Crippen LogP contribution in [0.2, 0.25) is 0 Å². The summed E-state index contributed by atoms with van der Waals surface area (Å²) in [6.07, 6.45) is 4.10. The summed E-state index contributed by atoms with van der Waals surface area (Å²) in [5.74, 6) is -0.335. The first-order chi connectivity index (χ1) is 11.2. The first kappa shape index (κ1) is 14.2. The zero-order valence-corrected chi connectivity index (χ0v) is 12.8. The number of nitrogens with zero attached hydrogens (tertiary/aromatic N) is 2. The van der Waals surface area contributed by atoms with Crippen LogP contribution >= 0.6 is 0 Å². The van der Waals surface area contributed by atoms with E-state index in [-0.39, 0.29) is 17.9 Å². The van der Waals surface area contributed by atoms with Gasteiger partial charge in [0.2, 0.25) is 0 Å². The first-order valence-corrected chi connectivity index (χ1v) is 8.04. The number of esters is 1. The summed E-state index contributed by atoms with van der Waals surface area (Å²) in [5.41, 5.74) is 1.96. The van der Waals surface area contributed by atoms with E-state index in [9.17, 15) is 9.59 Å². The molecule has 2 aliphatic rings. The lowest BCUT2D eigenvalue weighted by atomic mass is 10.1. The van der Waals surface area contributed by atoms with E-state index in [1.165, 1.54) is 0 Å². The van der Waals surface area contributed by atoms with E-state index in [2.05, 4.69) is 11.1 Å². The molecule has 1 amide bonds. The average Bonchev–Trinajstić information content (AvgIpc) is 3.32. The molecule has 1 aliphatic carbocycles. The van der Waals surface area contributed by atoms with Crippen molar-refractivity contribution in [2.45, 2.75) is 44.4 Å². The van der Waals surface area contributed by atoms with Gasteiger partial charge >= 0.3 is 5.97 Å². The van der Waals surface area contributed by atoms with Crippen molar-refractivity contribution in [3.63, 3.8) is 0 Å². The number of carbonyl (C=O) groups excluding carboxylic acids is 2. The van der Waals surface area contributed by atoms with Crippen LogP contribution in [0.4, 0.5) is 0 Å². The second-order valence-corrected chi connectivity index (χ2v) is 6.25. The molecule has 1 saturated heterocycles. The first-order valence-electron chi connectivity index (χ1n) is 8.04. The maximum Gasteiger partial charge on any atom is 0.306 e. The Balaban J connectivity index is 1.55. The number of ether oxygens (including phenoxy) is 1. The number of pyridine rings is 1. The van der Waals surface area contributed by atoms with E-state index < -0.39 is 6.10 Å². The highest BCUT2D eigenvalue weighted by atomic mass is 16.6. The number of fused-ring (bicyclic) bond motifs is 1. The number of rotatable bonds is 4. The zero-order valence-electron chi connectivity index (χ0n) is 12.8. The molecule has 2 aromatic rings. The zero-order chi connectivity index (χ0) is 15.8. The minimum atomic E-state index is -0.600. The van der Waals surface area contributed by atoms with Gasteiger partial charge in [-0.15, -0.1) is 0 Å². The number of cyclic esters (lactones) is 1. The van der Waals surface area contributed by atoms with Crippen molar-refractivity contribution in [2.24, 2.45) is 0 Å². The van der Waals surface area contributed by atoms with E-state index in [0.29, 0.717) is 19.4 Å². The van der Waals surface area contributed by atoms with Crippen LogP contribution in [0.3, 0.4) is 0 Å². The number of aromatic nitrogens is 1. The van der Waals surface area contributed by atoms with Gasteiger partial charge in [0.25, 0.3) is 5.91 Å². The molecule has 5 nitrogen and oxygen atoms in total. The molecule has 0 bridgehead atoms. The molecule has 2 fully saturated rings. The monoisotopic (exact) mass is 310 g/mol. The van der Waals surface area contributed by atoms with Gasteiger partial charge in [-0.3, -0.25) is 14.6 Å². The second-order valence-electron chi connectivity index (χ2n) is 6.25. The Morgan fingerprint density at radius 3 is 2.83 bits per heavy atom. The van der Waals surface area contributed by atoms with Crippen LogP contribution in [0.1, 0.15) is 31.2 Å². The van der Waals surface area contributed by atoms with Gasteiger partial charge in [0.15, 0.2) is 6.10 Å². The van der Waals surface area contributed by atoms with Crippen molar-refractivity contribution in [1.82, 2.24) is 9.88 Å². The number of hydrogen-bond acceptors (Lipinski definition) is 4. The second kappa shape index (κ2) is 5.65. The van der Waals surface area contributed by atoms with Crippen molar-refractivity contribution in [2.75, 3.05) is 0 Å². The van der Waals surface area contributed by atoms with Crippen LogP contribution in [0.5, 0.6) is 0 Å². The molecule has 1 saturated carbocycles. The summed E-state index contributed by atoms with van der Waals surface area (Å²) in [6, 6.07) is 10.3. The number of hydrogen-bond donors (Lipinski definition) is 0. The molecule has 118 valence electrons. The highest BCUT2D eigenvalue weighted by molar-refractivity contribution is 5.87. The molecule has 0 spiro atoms. The molecule has 0 N–H and O–H groups in total. The number of amides is 1. The lowest BCUT2D eigenvalue weighted by Crippen LogP contribution is -2.40. The summed E-state index contributed by atoms with van der Waals surface area (Å²) in [6.45, 7) is 0.523. The summed E-state index contributed by atoms with van der Waals surface area (Å²) >= 11 is 0. The van der Waals surface area contributed by atoms with Crippen molar-refractivity contribution in [1.29, 1.82) is 0 Å². The van der Waals surface area contributed by atoms with Crippen LogP contribution in [0, 0.1) is 0 Å². The van der Waals surface area contributed by atoms with Gasteiger partial charge in [-0.05, 0) is 30.5 Å². The van der Waals surface area contributed by atoms with Crippen LogP contribution in [-0.2, 0) is 20.9 Å². The molecule has 0 unspecified atom stereocenters. The lowest BCUT2D eigenvalue weighted by molar-refractivity contribution is -0.153. The van der Waals surface area contributed by atoms with Crippen molar-refractivity contribution in [3.05, 3.63) is 42.1 Å². The van der Waals surface area contributed by atoms with Gasteiger partial charge in [-0.2, -0.15) is 0 Å². The third-order valence-electron chi connectivity index (χ3n) is 4.43. The van der Waals surface area contributed by atoms with Crippen LogP contribution < -0.4 is 0 Å². The highest BCUT2D eigenvalue weighted by Crippen LogP contribution is 2.31. The normalized spacial score (nSPS) is 20.5. The Morgan fingerprint density at radius 1 is 1.26 bits per heavy atom. The summed E-state index contributed by atoms with van der Waals surface area (Å²) < 4.78 is 5.14. The van der Waals surface area contributed by atoms with E-state index in [1.54, 1.807) is 0 Å². The summed E-state index contributed by atoms with van der Waals surface area (Å²) in [4.78, 5) is 30.3. The van der Waals surface area contributed by atoms with E-state index >= 15 is 0 Å². The molecule has 1 aromatic heterocycles. The van der Waals surface area contributed by atoms with Crippen LogP contribution in [0.15, 0.2) is 36.5 Å². The van der Waals surface area contributed by atoms with E-state index in [1.807, 2.05) is 35.4 Å². The third kappa shape index (κ3) is 2.91. The quantitative estimate of drug-likeness (QED) is 0.814. The predicted molar refractivity (Wildman–Crippen MR) is 84.4 cm³/mol. The van der Waals surface area contributed by atoms with Gasteiger partial charge in [-0.1, -0.05) is 18.2 Å². The maximum absolute atomic E-state index is 12.7. The SMILES string of the molecule is O=C1CC[C@@H](C(=O)N(Cc2cnc3ccccc3c2)C2CC2)O1. The van der Waals surface area contributed by atoms with Crippen LogP contribution in [-0.4, -0.2) is 33.9 Å². The number of carbonyl (C=O) groups is 2. The van der Waals surface area contributed by atoms with Crippen molar-refractivity contribution >= 4 is 22.8 Å². The Labute approximate surface area is 134 Å². The molecule has 23 heavy (non-hydrogen) atoms. The number of benzene rings is 1. The maximum atomic E-state index is 12.7. The van der Waals surface area contributed by atoms with E-state index in [0.717, 1.165) is 29.3 Å². The Kier molecular flexibility index (Phi) is 3.48. The average molecular weight is 310 g/mol. The summed E-state index contributed by atoms with van der Waals surface area (Å²) in [7, 11) is 0. The number of para-hydroxylation sites is 1. The standard InChI is InChI=1S/C18H18N2O3/c21-17-8-7-16(23-17)18(22)20(14-5-6-14)11-12-9-13-3-1-2-4-15(13)19-10-12/h1-4,9-10,14,16H,5-8,11H2/t16-/m0/s1. The highest BCUT2D eigenvalue weighted by Gasteiger charge is 2.39. The summed E-state index contributed by atoms with van der Waals surface area (Å²) in [5, 5.41) is 1.07. The molecule has 1 aromatic carbocycles. The smallest absolute Gasteiger partial charge is 0.306 e. The molecule has 4 rings (SSSR count). The Bertz CT molecular complexity index is 770. The van der Waals surface area contributed by atoms with Crippen LogP contribution in [0.25, 0.3) is 10.9 Å². The molecule has 2 heterocycles. The largest absolute Gasteiger partial charge is 0.452 e. The molecule has 1 atom stereocenters. The van der Waals surface area contributed by atoms with Gasteiger partial charge in [0.05, 0.1) is 5.52 Å². The molecular weight excluding hydrogens is 292 g/mol. The van der Waals surface area contributed by atoms with Crippen molar-refractivity contribution in [3.8, 4) is 0 Å². The molecule has 0 radical (unpaired) electrons. The lowest BCUT2D eigenvalue weighted by Gasteiger charge is -2.25. The van der Waals surface area contributed by atoms with E-state index in [4.69, 9.17) is 4.74 Å². The fourth-order valence-electron chi connectivity index (χ4n) is 3.06. The fourth-order valence-corrected chi connectivity index (χ4v) is 3.06. The third-order valence-corrected chi connectivity index (χ3v) is 4.43. The van der Waals surface area contributed by atoms with Gasteiger partial charge in [-0.25, -0.2) is 0 Å². The van der Waals surface area contributed by atoms with Gasteiger partial charge in [0.1, 0.15) is 0 Å². The molecular formula is C18H18N2O3. The fraction of sp³-hybridized carbons (Fsp3) is 0.389. The molecule has 1 aliphatic heterocycles. The molecule has 5 heteroatoms. The Morgan fingerprint density at radius 2 is 2.09 bits per heavy atom. The minimum Gasteiger partial charge on any atom is -0.452 e. The van der Waals surface area contributed by atoms with Gasteiger partial charge in [0, 0.05) is 37.0 Å².